The Morgan fingerprint density at radius 2 is 1.72 bits per heavy atom. The lowest BCUT2D eigenvalue weighted by molar-refractivity contribution is -0.139. The van der Waals surface area contributed by atoms with Crippen LogP contribution in [0.1, 0.15) is 66.2 Å². The first-order chi connectivity index (χ1) is 16.9. The first-order valence-corrected chi connectivity index (χ1v) is 12.6. The predicted molar refractivity (Wildman–Crippen MR) is 139 cm³/mol. The minimum atomic E-state index is -1.18. The van der Waals surface area contributed by atoms with Crippen LogP contribution in [0.15, 0.2) is 30.3 Å². The minimum Gasteiger partial charge on any atom is -0.507 e. The highest BCUT2D eigenvalue weighted by atomic mass is 16.5. The number of carbonyl (C=O) groups is 2. The van der Waals surface area contributed by atoms with E-state index in [-0.39, 0.29) is 28.9 Å². The average molecular weight is 495 g/mol. The molecule has 8 heteroatoms. The van der Waals surface area contributed by atoms with Gasteiger partial charge in [-0.1, -0.05) is 32.0 Å². The zero-order valence-electron chi connectivity index (χ0n) is 22.0. The van der Waals surface area contributed by atoms with Gasteiger partial charge in [0.1, 0.15) is 17.0 Å². The van der Waals surface area contributed by atoms with Crippen molar-refractivity contribution < 1.29 is 19.4 Å². The Morgan fingerprint density at radius 3 is 2.36 bits per heavy atom. The molecule has 8 nitrogen and oxygen atoms in total. The molecule has 194 valence electrons. The van der Waals surface area contributed by atoms with Crippen LogP contribution in [0.5, 0.6) is 11.5 Å². The molecule has 0 radical (unpaired) electrons. The van der Waals surface area contributed by atoms with Crippen LogP contribution in [-0.4, -0.2) is 70.4 Å². The number of hydrogen-bond acceptors (Lipinski definition) is 7. The van der Waals surface area contributed by atoms with E-state index in [1.807, 2.05) is 13.8 Å². The maximum Gasteiger partial charge on any atom is 0.330 e. The summed E-state index contributed by atoms with van der Waals surface area (Å²) in [5.74, 6) is -0.878. The number of esters is 1. The molecule has 2 aliphatic heterocycles. The summed E-state index contributed by atoms with van der Waals surface area (Å²) in [7, 11) is 2.15. The van der Waals surface area contributed by atoms with Gasteiger partial charge in [-0.2, -0.15) is 0 Å². The summed E-state index contributed by atoms with van der Waals surface area (Å²) in [6, 6.07) is 9.46. The molecule has 0 spiro atoms. The largest absolute Gasteiger partial charge is 0.507 e. The van der Waals surface area contributed by atoms with E-state index in [4.69, 9.17) is 10.5 Å². The summed E-state index contributed by atoms with van der Waals surface area (Å²) < 4.78 is 5.49. The minimum absolute atomic E-state index is 0.0336. The molecular formula is C28H38N4O4. The van der Waals surface area contributed by atoms with Crippen LogP contribution in [-0.2, 0) is 24.4 Å². The molecule has 0 saturated carbocycles. The van der Waals surface area contributed by atoms with Crippen molar-refractivity contribution >= 4 is 11.9 Å². The van der Waals surface area contributed by atoms with Gasteiger partial charge < -0.3 is 25.4 Å². The molecule has 0 unspecified atom stereocenters. The van der Waals surface area contributed by atoms with Crippen LogP contribution in [0.4, 0.5) is 0 Å². The Labute approximate surface area is 213 Å². The lowest BCUT2D eigenvalue weighted by Crippen LogP contribution is -2.44. The fourth-order valence-corrected chi connectivity index (χ4v) is 4.65. The van der Waals surface area contributed by atoms with Crippen molar-refractivity contribution in [2.24, 2.45) is 5.73 Å². The number of nitrogens with two attached hydrogens (primary N) is 1. The van der Waals surface area contributed by atoms with E-state index in [1.165, 1.54) is 11.6 Å². The number of hydrogen-bond donors (Lipinski definition) is 2. The quantitative estimate of drug-likeness (QED) is 0.470. The SMILES string of the molecule is CC(C)c1cc(C(=O)N2Cc3ccc(CN4CCN(C)CC4)cc3C2)c(O)cc1OC(=O)C(C)(C)N. The Hall–Kier alpha value is -2.94. The molecule has 2 heterocycles. The highest BCUT2D eigenvalue weighted by molar-refractivity contribution is 5.98. The monoisotopic (exact) mass is 494 g/mol. The molecule has 1 saturated heterocycles. The zero-order valence-corrected chi connectivity index (χ0v) is 22.0. The fraction of sp³-hybridized carbons (Fsp3) is 0.500. The number of carbonyl (C=O) groups excluding carboxylic acids is 2. The third-order valence-corrected chi connectivity index (χ3v) is 6.99. The Kier molecular flexibility index (Phi) is 7.41. The number of ether oxygens (including phenoxy) is 1. The molecule has 2 aromatic rings. The van der Waals surface area contributed by atoms with Gasteiger partial charge in [0.2, 0.25) is 0 Å². The second-order valence-corrected chi connectivity index (χ2v) is 11.0. The predicted octanol–water partition coefficient (Wildman–Crippen LogP) is 3.06. The summed E-state index contributed by atoms with van der Waals surface area (Å²) >= 11 is 0. The van der Waals surface area contributed by atoms with Crippen LogP contribution >= 0.6 is 0 Å². The smallest absolute Gasteiger partial charge is 0.330 e. The van der Waals surface area contributed by atoms with E-state index in [1.54, 1.807) is 24.8 Å². The second kappa shape index (κ2) is 10.2. The molecule has 0 atom stereocenters. The van der Waals surface area contributed by atoms with Crippen molar-refractivity contribution in [1.29, 1.82) is 0 Å². The fourth-order valence-electron chi connectivity index (χ4n) is 4.65. The molecule has 1 fully saturated rings. The number of phenolic OH excluding ortho intramolecular Hbond substituents is 1. The zero-order chi connectivity index (χ0) is 26.2. The molecule has 4 rings (SSSR count). The van der Waals surface area contributed by atoms with E-state index in [0.29, 0.717) is 18.7 Å². The molecular weight excluding hydrogens is 456 g/mol. The molecule has 2 aromatic carbocycles. The van der Waals surface area contributed by atoms with Gasteiger partial charge >= 0.3 is 5.97 Å². The van der Waals surface area contributed by atoms with E-state index < -0.39 is 11.5 Å². The lowest BCUT2D eigenvalue weighted by atomic mass is 9.98. The van der Waals surface area contributed by atoms with Crippen LogP contribution in [0.3, 0.4) is 0 Å². The number of piperazine rings is 1. The summed E-state index contributed by atoms with van der Waals surface area (Å²) in [5.41, 5.74) is 9.09. The third kappa shape index (κ3) is 5.72. The van der Waals surface area contributed by atoms with Crippen molar-refractivity contribution in [3.05, 3.63) is 58.1 Å². The maximum absolute atomic E-state index is 13.5. The lowest BCUT2D eigenvalue weighted by Gasteiger charge is -2.32. The molecule has 0 aromatic heterocycles. The maximum atomic E-state index is 13.5. The topological polar surface area (TPSA) is 99.3 Å². The number of nitrogens with zero attached hydrogens (tertiary/aromatic N) is 3. The van der Waals surface area contributed by atoms with Gasteiger partial charge in [0.15, 0.2) is 0 Å². The van der Waals surface area contributed by atoms with Gasteiger partial charge in [0.05, 0.1) is 5.56 Å². The first-order valence-electron chi connectivity index (χ1n) is 12.6. The van der Waals surface area contributed by atoms with E-state index in [0.717, 1.165) is 43.9 Å². The van der Waals surface area contributed by atoms with Gasteiger partial charge in [-0.05, 0) is 55.1 Å². The number of likely N-dealkylation sites (N-methyl/N-ethyl adjacent to an activating group) is 1. The molecule has 2 aliphatic rings. The van der Waals surface area contributed by atoms with Crippen LogP contribution in [0.25, 0.3) is 0 Å². The number of aromatic hydroxyl groups is 1. The van der Waals surface area contributed by atoms with Crippen molar-refractivity contribution in [3.8, 4) is 11.5 Å². The summed E-state index contributed by atoms with van der Waals surface area (Å²) in [6.45, 7) is 13.2. The number of rotatable bonds is 6. The Morgan fingerprint density at radius 1 is 1.06 bits per heavy atom. The van der Waals surface area contributed by atoms with Gasteiger partial charge in [0, 0.05) is 51.9 Å². The van der Waals surface area contributed by atoms with Crippen LogP contribution < -0.4 is 10.5 Å². The van der Waals surface area contributed by atoms with E-state index >= 15 is 0 Å². The van der Waals surface area contributed by atoms with Gasteiger partial charge in [0.25, 0.3) is 5.91 Å². The van der Waals surface area contributed by atoms with Crippen LogP contribution in [0, 0.1) is 0 Å². The molecule has 0 aliphatic carbocycles. The molecule has 1 amide bonds. The van der Waals surface area contributed by atoms with E-state index in [9.17, 15) is 14.7 Å². The van der Waals surface area contributed by atoms with Crippen molar-refractivity contribution in [1.82, 2.24) is 14.7 Å². The van der Waals surface area contributed by atoms with Gasteiger partial charge in [-0.15, -0.1) is 0 Å². The number of phenols is 1. The van der Waals surface area contributed by atoms with E-state index in [2.05, 4.69) is 35.0 Å². The third-order valence-electron chi connectivity index (χ3n) is 6.99. The number of benzene rings is 2. The van der Waals surface area contributed by atoms with Gasteiger partial charge in [-0.3, -0.25) is 9.69 Å². The molecule has 3 N–H and O–H groups in total. The average Bonchev–Trinajstić information content (AvgIpc) is 3.23. The van der Waals surface area contributed by atoms with Crippen molar-refractivity contribution in [2.75, 3.05) is 33.2 Å². The second-order valence-electron chi connectivity index (χ2n) is 11.0. The first kappa shape index (κ1) is 26.1. The number of fused-ring (bicyclic) bond motifs is 1. The Bertz CT molecular complexity index is 1150. The highest BCUT2D eigenvalue weighted by Crippen LogP contribution is 2.36. The standard InChI is InChI=1S/C28H38N4O4/c1-18(2)22-13-23(24(33)14-25(22)36-27(35)28(3,4)29)26(34)32-16-20-7-6-19(12-21(20)17-32)15-31-10-8-30(5)9-11-31/h6-7,12-14,18,33H,8-11,15-17,29H2,1-5H3. The Balaban J connectivity index is 1.50. The van der Waals surface area contributed by atoms with Gasteiger partial charge in [-0.25, -0.2) is 4.79 Å². The van der Waals surface area contributed by atoms with Crippen LogP contribution in [0.2, 0.25) is 0 Å². The van der Waals surface area contributed by atoms with Crippen molar-refractivity contribution in [2.45, 2.75) is 58.8 Å². The normalized spacial score (nSPS) is 16.9. The van der Waals surface area contributed by atoms with Crippen molar-refractivity contribution in [3.63, 3.8) is 0 Å². The number of amides is 1. The summed E-state index contributed by atoms with van der Waals surface area (Å²) in [6.07, 6.45) is 0. The highest BCUT2D eigenvalue weighted by Gasteiger charge is 2.30. The summed E-state index contributed by atoms with van der Waals surface area (Å²) in [4.78, 5) is 32.4. The molecule has 0 bridgehead atoms. The molecule has 36 heavy (non-hydrogen) atoms. The summed E-state index contributed by atoms with van der Waals surface area (Å²) in [5, 5.41) is 10.7.